The van der Waals surface area contributed by atoms with E-state index in [1.54, 1.807) is 24.3 Å². The minimum absolute atomic E-state index is 0.0340. The van der Waals surface area contributed by atoms with Crippen molar-refractivity contribution in [1.82, 2.24) is 24.6 Å². The van der Waals surface area contributed by atoms with E-state index in [-0.39, 0.29) is 40.2 Å². The largest absolute Gasteiger partial charge is 0.491 e. The third kappa shape index (κ3) is 8.54. The highest BCUT2D eigenvalue weighted by Gasteiger charge is 2.68. The Balaban J connectivity index is 0.879. The van der Waals surface area contributed by atoms with Gasteiger partial charge in [0.15, 0.2) is 0 Å². The van der Waals surface area contributed by atoms with Gasteiger partial charge in [0.25, 0.3) is 23.6 Å². The summed E-state index contributed by atoms with van der Waals surface area (Å²) in [6.07, 6.45) is 2.79. The number of ether oxygens (including phenoxy) is 2. The molecule has 4 aliphatic heterocycles. The van der Waals surface area contributed by atoms with Crippen molar-refractivity contribution in [2.75, 3.05) is 82.9 Å². The number of fused-ring (bicyclic) bond motifs is 1. The standard InChI is InChI=1S/C48H57ClFN9O7/c1-47(2)45(48(3,4)46(47)66-30-8-7-29(25-51)34(49)21-30)59-40(60)10-9-36(44(59)64)58-42(62)31-22-35(50)37(23-32(31)43(58)63)56-17-15-55(16-18-56)27-28-11-13-57(14-12-28)39-24-38(65-20-19-54(5)6)33(26-53-39)41(52)61/h7-8,21-24,26,28,36,45-46H,9-20,27H2,1-6H3,(H2,52,61). The Labute approximate surface area is 389 Å². The highest BCUT2D eigenvalue weighted by Crippen LogP contribution is 2.58. The number of anilines is 2. The van der Waals surface area contributed by atoms with Crippen molar-refractivity contribution in [2.45, 2.75) is 71.6 Å². The van der Waals surface area contributed by atoms with E-state index < -0.39 is 64.4 Å². The first-order valence-corrected chi connectivity index (χ1v) is 22.9. The minimum Gasteiger partial charge on any atom is -0.491 e. The zero-order valence-electron chi connectivity index (χ0n) is 38.3. The maximum atomic E-state index is 16.0. The van der Waals surface area contributed by atoms with E-state index in [1.165, 1.54) is 17.2 Å². The summed E-state index contributed by atoms with van der Waals surface area (Å²) in [5, 5.41) is 9.54. The molecule has 18 heteroatoms. The van der Waals surface area contributed by atoms with Crippen molar-refractivity contribution in [1.29, 1.82) is 5.26 Å². The molecule has 2 aromatic carbocycles. The number of nitrogens with two attached hydrogens (primary N) is 1. The van der Waals surface area contributed by atoms with Crippen LogP contribution in [0.1, 0.15) is 90.0 Å². The Hall–Kier alpha value is -5.83. The first-order valence-electron chi connectivity index (χ1n) is 22.5. The quantitative estimate of drug-likeness (QED) is 0.231. The molecule has 2 N–H and O–H groups in total. The van der Waals surface area contributed by atoms with Crippen LogP contribution in [-0.2, 0) is 9.59 Å². The van der Waals surface area contributed by atoms with Crippen LogP contribution in [0.4, 0.5) is 15.9 Å². The van der Waals surface area contributed by atoms with E-state index in [4.69, 9.17) is 26.8 Å². The lowest BCUT2D eigenvalue weighted by atomic mass is 9.48. The third-order valence-electron chi connectivity index (χ3n) is 14.1. The number of carbonyl (C=O) groups is 5. The lowest BCUT2D eigenvalue weighted by Gasteiger charge is -2.65. The summed E-state index contributed by atoms with van der Waals surface area (Å²) in [5.41, 5.74) is 4.79. The Morgan fingerprint density at radius 2 is 1.59 bits per heavy atom. The molecule has 16 nitrogen and oxygen atoms in total. The molecular formula is C48H57ClFN9O7. The number of hydrogen-bond donors (Lipinski definition) is 1. The molecule has 1 unspecified atom stereocenters. The van der Waals surface area contributed by atoms with Crippen molar-refractivity contribution in [3.8, 4) is 17.6 Å². The van der Waals surface area contributed by atoms with E-state index in [0.29, 0.717) is 62.3 Å². The number of imide groups is 2. The lowest BCUT2D eigenvalue weighted by Crippen LogP contribution is -2.77. The molecule has 0 radical (unpaired) electrons. The predicted molar refractivity (Wildman–Crippen MR) is 244 cm³/mol. The van der Waals surface area contributed by atoms with E-state index in [1.807, 2.05) is 57.7 Å². The van der Waals surface area contributed by atoms with Crippen LogP contribution in [0.25, 0.3) is 0 Å². The molecule has 66 heavy (non-hydrogen) atoms. The molecule has 1 saturated carbocycles. The number of likely N-dealkylation sites (N-methyl/N-ethyl adjacent to an activating group) is 1. The summed E-state index contributed by atoms with van der Waals surface area (Å²) >= 11 is 6.28. The number of aromatic nitrogens is 1. The Morgan fingerprint density at radius 1 is 0.924 bits per heavy atom. The number of nitriles is 1. The van der Waals surface area contributed by atoms with Gasteiger partial charge in [0.05, 0.1) is 39.0 Å². The summed E-state index contributed by atoms with van der Waals surface area (Å²) in [4.78, 5) is 83.3. The molecule has 1 atom stereocenters. The van der Waals surface area contributed by atoms with Gasteiger partial charge in [0, 0.05) is 87.9 Å². The second kappa shape index (κ2) is 18.1. The van der Waals surface area contributed by atoms with Crippen LogP contribution >= 0.6 is 11.6 Å². The topological polar surface area (TPSA) is 186 Å². The molecule has 8 rings (SSSR count). The number of pyridine rings is 1. The highest BCUT2D eigenvalue weighted by atomic mass is 35.5. The summed E-state index contributed by atoms with van der Waals surface area (Å²) in [6, 6.07) is 9.24. The predicted octanol–water partition coefficient (Wildman–Crippen LogP) is 4.82. The van der Waals surface area contributed by atoms with Gasteiger partial charge >= 0.3 is 0 Å². The molecule has 1 aromatic heterocycles. The normalized spacial score (nSPS) is 23.2. The number of likely N-dealkylation sites (tertiary alicyclic amines) is 1. The molecular weight excluding hydrogens is 869 g/mol. The summed E-state index contributed by atoms with van der Waals surface area (Å²) in [7, 11) is 3.89. The maximum absolute atomic E-state index is 16.0. The van der Waals surface area contributed by atoms with Gasteiger partial charge in [-0.1, -0.05) is 39.3 Å². The summed E-state index contributed by atoms with van der Waals surface area (Å²) in [6.45, 7) is 13.5. The van der Waals surface area contributed by atoms with Crippen molar-refractivity contribution >= 4 is 52.6 Å². The maximum Gasteiger partial charge on any atom is 0.262 e. The number of nitrogens with zero attached hydrogens (tertiary/aromatic N) is 8. The average molecular weight is 926 g/mol. The molecule has 5 amide bonds. The van der Waals surface area contributed by atoms with E-state index in [0.717, 1.165) is 49.3 Å². The van der Waals surface area contributed by atoms with Crippen LogP contribution in [0.3, 0.4) is 0 Å². The fourth-order valence-electron chi connectivity index (χ4n) is 11.1. The zero-order valence-corrected chi connectivity index (χ0v) is 39.1. The fourth-order valence-corrected chi connectivity index (χ4v) is 11.3. The fraction of sp³-hybridized carbons (Fsp3) is 0.521. The first kappa shape index (κ1) is 46.7. The van der Waals surface area contributed by atoms with E-state index in [2.05, 4.69) is 14.8 Å². The second-order valence-electron chi connectivity index (χ2n) is 19.6. The zero-order chi connectivity index (χ0) is 47.4. The molecule has 1 aliphatic carbocycles. The number of hydrogen-bond acceptors (Lipinski definition) is 13. The number of rotatable bonds is 13. The summed E-state index contributed by atoms with van der Waals surface area (Å²) in [5.74, 6) is -1.67. The Bertz CT molecular complexity index is 2480. The van der Waals surface area contributed by atoms with E-state index >= 15 is 4.39 Å². The van der Waals surface area contributed by atoms with Gasteiger partial charge in [-0.3, -0.25) is 38.7 Å². The lowest BCUT2D eigenvalue weighted by molar-refractivity contribution is -0.216. The number of benzene rings is 2. The molecule has 3 saturated heterocycles. The molecule has 0 bridgehead atoms. The van der Waals surface area contributed by atoms with Crippen molar-refractivity contribution in [2.24, 2.45) is 22.5 Å². The smallest absolute Gasteiger partial charge is 0.262 e. The highest BCUT2D eigenvalue weighted by molar-refractivity contribution is 6.31. The van der Waals surface area contributed by atoms with Crippen molar-refractivity contribution in [3.05, 3.63) is 75.7 Å². The van der Waals surface area contributed by atoms with Crippen LogP contribution in [-0.4, -0.2) is 145 Å². The number of halogens is 2. The van der Waals surface area contributed by atoms with Gasteiger partial charge in [0.1, 0.15) is 48.0 Å². The van der Waals surface area contributed by atoms with Gasteiger partial charge in [-0.2, -0.15) is 5.26 Å². The number of carbonyl (C=O) groups excluding carboxylic acids is 5. The van der Waals surface area contributed by atoms with Crippen molar-refractivity contribution in [3.63, 3.8) is 0 Å². The number of piperazine rings is 1. The number of piperidine rings is 2. The van der Waals surface area contributed by atoms with Crippen LogP contribution in [0, 0.1) is 33.9 Å². The van der Waals surface area contributed by atoms with Gasteiger partial charge in [-0.25, -0.2) is 9.37 Å². The molecule has 5 heterocycles. The van der Waals surface area contributed by atoms with Crippen LogP contribution in [0.5, 0.6) is 11.5 Å². The van der Waals surface area contributed by atoms with Crippen LogP contribution < -0.4 is 25.0 Å². The monoisotopic (exact) mass is 925 g/mol. The van der Waals surface area contributed by atoms with Crippen LogP contribution in [0.15, 0.2) is 42.6 Å². The van der Waals surface area contributed by atoms with Gasteiger partial charge in [0.2, 0.25) is 5.91 Å². The molecule has 5 aliphatic rings. The Kier molecular flexibility index (Phi) is 12.8. The average Bonchev–Trinajstić information content (AvgIpc) is 3.51. The molecule has 3 aromatic rings. The Morgan fingerprint density at radius 3 is 2.21 bits per heavy atom. The van der Waals surface area contributed by atoms with Gasteiger partial charge in [-0.05, 0) is 63.5 Å². The SMILES string of the molecule is CN(C)CCOc1cc(N2CCC(CN3CCN(c4cc5c(cc4F)C(=O)N(C4CCC(=O)N(C6C(C)(C)C(Oc7ccc(C#N)c(Cl)c7)C6(C)C)C4=O)C5=O)CC3)CC2)ncc1C(N)=O. The molecule has 0 spiro atoms. The first-order chi connectivity index (χ1) is 31.3. The number of amides is 5. The van der Waals surface area contributed by atoms with Crippen LogP contribution in [0.2, 0.25) is 5.02 Å². The summed E-state index contributed by atoms with van der Waals surface area (Å²) < 4.78 is 28.3. The molecule has 4 fully saturated rings. The third-order valence-corrected chi connectivity index (χ3v) is 14.4. The van der Waals surface area contributed by atoms with Gasteiger partial charge < -0.3 is 29.9 Å². The molecule has 350 valence electrons. The van der Waals surface area contributed by atoms with Gasteiger partial charge in [-0.15, -0.1) is 0 Å². The minimum atomic E-state index is -1.25. The second-order valence-corrected chi connectivity index (χ2v) is 20.0. The van der Waals surface area contributed by atoms with E-state index in [9.17, 15) is 29.2 Å². The number of primary amides is 1. The van der Waals surface area contributed by atoms with Crippen molar-refractivity contribution < 1.29 is 37.8 Å².